The summed E-state index contributed by atoms with van der Waals surface area (Å²) in [5, 5.41) is 12.9. The van der Waals surface area contributed by atoms with Gasteiger partial charge in [-0.15, -0.1) is 11.3 Å². The second-order valence-electron chi connectivity index (χ2n) is 7.20. The molecule has 4 rings (SSSR count). The molecular weight excluding hydrogens is 454 g/mol. The number of anilines is 1. The molecule has 0 radical (unpaired) electrons. The summed E-state index contributed by atoms with van der Waals surface area (Å²) in [6.07, 6.45) is 0. The van der Waals surface area contributed by atoms with E-state index in [2.05, 4.69) is 0 Å². The zero-order valence-corrected chi connectivity index (χ0v) is 18.8. The first kappa shape index (κ1) is 22.0. The number of rotatable bonds is 5. The molecule has 3 aromatic rings. The molecule has 0 bridgehead atoms. The number of carbonyl (C=O) groups is 2. The van der Waals surface area contributed by atoms with Gasteiger partial charge in [0.25, 0.3) is 11.6 Å². The summed E-state index contributed by atoms with van der Waals surface area (Å²) < 4.78 is 5.89. The maximum Gasteiger partial charge on any atom is 0.338 e. The monoisotopic (exact) mass is 473 g/mol. The molecule has 2 heterocycles. The highest BCUT2D eigenvalue weighted by Crippen LogP contribution is 2.36. The van der Waals surface area contributed by atoms with Crippen molar-refractivity contribution in [2.75, 3.05) is 37.7 Å². The molecule has 0 N–H and O–H groups in total. The van der Waals surface area contributed by atoms with Crippen molar-refractivity contribution in [1.29, 1.82) is 0 Å². The predicted octanol–water partition coefficient (Wildman–Crippen LogP) is 4.60. The molecule has 2 aromatic carbocycles. The van der Waals surface area contributed by atoms with Crippen LogP contribution in [0.1, 0.15) is 27.0 Å². The van der Waals surface area contributed by atoms with E-state index in [1.165, 1.54) is 23.5 Å². The number of amides is 1. The van der Waals surface area contributed by atoms with Crippen molar-refractivity contribution in [3.05, 3.63) is 68.0 Å². The predicted molar refractivity (Wildman–Crippen MR) is 124 cm³/mol. The van der Waals surface area contributed by atoms with Crippen molar-refractivity contribution in [3.63, 3.8) is 0 Å². The summed E-state index contributed by atoms with van der Waals surface area (Å²) in [7, 11) is 0. The molecule has 166 valence electrons. The number of fused-ring (bicyclic) bond motifs is 1. The molecule has 0 spiro atoms. The van der Waals surface area contributed by atoms with E-state index in [9.17, 15) is 19.7 Å². The van der Waals surface area contributed by atoms with Gasteiger partial charge in [-0.3, -0.25) is 14.9 Å². The lowest BCUT2D eigenvalue weighted by Gasteiger charge is -2.35. The number of halogens is 1. The third-order valence-corrected chi connectivity index (χ3v) is 6.98. The second-order valence-corrected chi connectivity index (χ2v) is 8.63. The maximum absolute atomic E-state index is 13.1. The van der Waals surface area contributed by atoms with Crippen LogP contribution in [0.2, 0.25) is 5.02 Å². The zero-order chi connectivity index (χ0) is 22.8. The Morgan fingerprint density at radius 1 is 1.16 bits per heavy atom. The van der Waals surface area contributed by atoms with Gasteiger partial charge < -0.3 is 14.5 Å². The van der Waals surface area contributed by atoms with E-state index >= 15 is 0 Å². The van der Waals surface area contributed by atoms with Crippen molar-refractivity contribution >= 4 is 56.3 Å². The lowest BCUT2D eigenvalue weighted by atomic mass is 10.1. The Morgan fingerprint density at radius 2 is 1.88 bits per heavy atom. The van der Waals surface area contributed by atoms with Gasteiger partial charge in [-0.2, -0.15) is 0 Å². The van der Waals surface area contributed by atoms with Gasteiger partial charge in [0.15, 0.2) is 0 Å². The Hall–Kier alpha value is -3.17. The minimum atomic E-state index is -0.599. The number of benzene rings is 2. The van der Waals surface area contributed by atoms with Gasteiger partial charge in [-0.25, -0.2) is 4.79 Å². The molecule has 0 unspecified atom stereocenters. The van der Waals surface area contributed by atoms with Gasteiger partial charge in [-0.05, 0) is 25.1 Å². The van der Waals surface area contributed by atoms with Gasteiger partial charge in [0, 0.05) is 42.3 Å². The summed E-state index contributed by atoms with van der Waals surface area (Å²) in [4.78, 5) is 40.2. The first-order valence-corrected chi connectivity index (χ1v) is 11.3. The molecule has 1 saturated heterocycles. The van der Waals surface area contributed by atoms with Crippen LogP contribution in [0.15, 0.2) is 42.5 Å². The summed E-state index contributed by atoms with van der Waals surface area (Å²) in [5.41, 5.74) is 0.383. The fourth-order valence-corrected chi connectivity index (χ4v) is 5.20. The van der Waals surface area contributed by atoms with Gasteiger partial charge in [0.1, 0.15) is 10.6 Å². The highest BCUT2D eigenvalue weighted by Gasteiger charge is 2.29. The van der Waals surface area contributed by atoms with Crippen molar-refractivity contribution in [2.24, 2.45) is 0 Å². The molecule has 32 heavy (non-hydrogen) atoms. The van der Waals surface area contributed by atoms with Crippen LogP contribution in [0.4, 0.5) is 11.4 Å². The number of hydrogen-bond donors (Lipinski definition) is 0. The lowest BCUT2D eigenvalue weighted by Crippen LogP contribution is -2.48. The standard InChI is InChI=1S/C22H20ClN3O5S/c1-2-31-22(28)14-7-8-16(17(13-14)26(29)30)24-9-11-25(12-10-24)21(27)20-19(23)15-5-3-4-6-18(15)32-20/h3-8,13H,2,9-12H2,1H3. The average Bonchev–Trinajstić information content (AvgIpc) is 3.15. The van der Waals surface area contributed by atoms with Crippen LogP contribution < -0.4 is 4.90 Å². The van der Waals surface area contributed by atoms with Crippen LogP contribution in [0.3, 0.4) is 0 Å². The van der Waals surface area contributed by atoms with Crippen LogP contribution in [0.5, 0.6) is 0 Å². The van der Waals surface area contributed by atoms with E-state index in [1.807, 2.05) is 29.2 Å². The summed E-state index contributed by atoms with van der Waals surface area (Å²) >= 11 is 7.82. The number of esters is 1. The van der Waals surface area contributed by atoms with E-state index in [-0.39, 0.29) is 23.8 Å². The van der Waals surface area contributed by atoms with E-state index in [0.29, 0.717) is 41.8 Å². The van der Waals surface area contributed by atoms with Crippen LogP contribution in [-0.2, 0) is 4.74 Å². The minimum Gasteiger partial charge on any atom is -0.462 e. The van der Waals surface area contributed by atoms with Crippen LogP contribution in [-0.4, -0.2) is 54.5 Å². The molecule has 1 fully saturated rings. The Balaban J connectivity index is 1.50. The van der Waals surface area contributed by atoms with E-state index in [1.54, 1.807) is 17.9 Å². The van der Waals surface area contributed by atoms with Crippen LogP contribution in [0, 0.1) is 10.1 Å². The average molecular weight is 474 g/mol. The summed E-state index contributed by atoms with van der Waals surface area (Å²) in [6.45, 7) is 3.52. The van der Waals surface area contributed by atoms with Gasteiger partial charge in [0.05, 0.1) is 22.1 Å². The Kier molecular flexibility index (Phi) is 6.29. The number of hydrogen-bond acceptors (Lipinski definition) is 7. The number of nitrogens with zero attached hydrogens (tertiary/aromatic N) is 3. The molecule has 8 nitrogen and oxygen atoms in total. The normalized spacial score (nSPS) is 13.9. The van der Waals surface area contributed by atoms with Gasteiger partial charge >= 0.3 is 5.97 Å². The van der Waals surface area contributed by atoms with E-state index in [0.717, 1.165) is 10.1 Å². The van der Waals surface area contributed by atoms with E-state index < -0.39 is 10.9 Å². The highest BCUT2D eigenvalue weighted by atomic mass is 35.5. The SMILES string of the molecule is CCOC(=O)c1ccc(N2CCN(C(=O)c3sc4ccccc4c3Cl)CC2)c([N+](=O)[O-])c1. The second kappa shape index (κ2) is 9.13. The topological polar surface area (TPSA) is 93.0 Å². The molecule has 0 atom stereocenters. The highest BCUT2D eigenvalue weighted by molar-refractivity contribution is 7.21. The number of piperazine rings is 1. The molecular formula is C22H20ClN3O5S. The number of nitro benzene ring substituents is 1. The van der Waals surface area contributed by atoms with Crippen LogP contribution >= 0.6 is 22.9 Å². The minimum absolute atomic E-state index is 0.135. The third-order valence-electron chi connectivity index (χ3n) is 5.32. The Morgan fingerprint density at radius 3 is 2.53 bits per heavy atom. The van der Waals surface area contributed by atoms with Crippen molar-refractivity contribution < 1.29 is 19.2 Å². The quantitative estimate of drug-likeness (QED) is 0.305. The largest absolute Gasteiger partial charge is 0.462 e. The molecule has 1 aromatic heterocycles. The first-order valence-electron chi connectivity index (χ1n) is 10.1. The third kappa shape index (κ3) is 4.13. The smallest absolute Gasteiger partial charge is 0.338 e. The molecule has 10 heteroatoms. The fourth-order valence-electron chi connectivity index (χ4n) is 3.72. The number of ether oxygens (including phenoxy) is 1. The fraction of sp³-hybridized carbons (Fsp3) is 0.273. The summed E-state index contributed by atoms with van der Waals surface area (Å²) in [6, 6.07) is 11.9. The summed E-state index contributed by atoms with van der Waals surface area (Å²) in [5.74, 6) is -0.735. The molecule has 1 amide bonds. The lowest BCUT2D eigenvalue weighted by molar-refractivity contribution is -0.384. The number of carbonyl (C=O) groups excluding carboxylic acids is 2. The number of nitro groups is 1. The van der Waals surface area contributed by atoms with Crippen LogP contribution in [0.25, 0.3) is 10.1 Å². The van der Waals surface area contributed by atoms with E-state index in [4.69, 9.17) is 16.3 Å². The Bertz CT molecular complexity index is 1200. The maximum atomic E-state index is 13.1. The van der Waals surface area contributed by atoms with Gasteiger partial charge in [0.2, 0.25) is 0 Å². The molecule has 1 aliphatic rings. The van der Waals surface area contributed by atoms with Crippen molar-refractivity contribution in [1.82, 2.24) is 4.90 Å². The zero-order valence-electron chi connectivity index (χ0n) is 17.2. The molecule has 0 saturated carbocycles. The first-order chi connectivity index (χ1) is 15.4. The Labute approximate surface area is 193 Å². The molecule has 0 aliphatic carbocycles. The van der Waals surface area contributed by atoms with Gasteiger partial charge in [-0.1, -0.05) is 29.8 Å². The molecule has 1 aliphatic heterocycles. The van der Waals surface area contributed by atoms with Crippen molar-refractivity contribution in [3.8, 4) is 0 Å². The number of thiophene rings is 1. The van der Waals surface area contributed by atoms with Crippen molar-refractivity contribution in [2.45, 2.75) is 6.92 Å².